The molecule has 0 radical (unpaired) electrons. The van der Waals surface area contributed by atoms with E-state index in [1.54, 1.807) is 7.05 Å². The first-order chi connectivity index (χ1) is 17.1. The van der Waals surface area contributed by atoms with Crippen LogP contribution in [0.5, 0.6) is 0 Å². The highest BCUT2D eigenvalue weighted by atomic mass is 32.2. The maximum atomic E-state index is 15.2. The molecule has 0 saturated carbocycles. The molecule has 194 valence electrons. The molecule has 4 rings (SSSR count). The Morgan fingerprint density at radius 1 is 1.33 bits per heavy atom. The SMILES string of the molecule is Cc1cccc(CN2CC[C@H](N(C)c3cc(F)c(S(=O)(=O)Nc4cscn4)c(F)c3C)C2)n1.O=CO. The van der Waals surface area contributed by atoms with Crippen molar-refractivity contribution in [1.82, 2.24) is 14.9 Å². The lowest BCUT2D eigenvalue weighted by molar-refractivity contribution is -0.122. The first-order valence-electron chi connectivity index (χ1n) is 10.9. The lowest BCUT2D eigenvalue weighted by Crippen LogP contribution is -2.35. The predicted molar refractivity (Wildman–Crippen MR) is 134 cm³/mol. The molecule has 1 saturated heterocycles. The van der Waals surface area contributed by atoms with Gasteiger partial charge in [0, 0.05) is 55.0 Å². The molecule has 1 atom stereocenters. The van der Waals surface area contributed by atoms with Crippen molar-refractivity contribution >= 4 is 39.3 Å². The average Bonchev–Trinajstić information content (AvgIpc) is 3.48. The van der Waals surface area contributed by atoms with E-state index in [9.17, 15) is 12.8 Å². The summed E-state index contributed by atoms with van der Waals surface area (Å²) in [6, 6.07) is 7.04. The number of anilines is 2. The normalized spacial score (nSPS) is 15.8. The van der Waals surface area contributed by atoms with Crippen LogP contribution in [0.3, 0.4) is 0 Å². The maximum absolute atomic E-state index is 15.2. The summed E-state index contributed by atoms with van der Waals surface area (Å²) in [7, 11) is -2.69. The van der Waals surface area contributed by atoms with Gasteiger partial charge in [-0.25, -0.2) is 22.2 Å². The van der Waals surface area contributed by atoms with Gasteiger partial charge in [-0.15, -0.1) is 11.3 Å². The molecule has 3 heterocycles. The number of nitrogens with one attached hydrogen (secondary N) is 1. The van der Waals surface area contributed by atoms with Gasteiger partial charge in [0.15, 0.2) is 16.5 Å². The molecule has 0 bridgehead atoms. The van der Waals surface area contributed by atoms with Gasteiger partial charge in [-0.2, -0.15) is 0 Å². The Morgan fingerprint density at radius 3 is 2.69 bits per heavy atom. The molecule has 2 aromatic heterocycles. The van der Waals surface area contributed by atoms with Crippen molar-refractivity contribution in [2.75, 3.05) is 29.8 Å². The molecule has 13 heteroatoms. The number of thiazole rings is 1. The molecular formula is C23H27F2N5O4S2. The van der Waals surface area contributed by atoms with Gasteiger partial charge < -0.3 is 10.0 Å². The van der Waals surface area contributed by atoms with Crippen molar-refractivity contribution in [3.63, 3.8) is 0 Å². The molecule has 36 heavy (non-hydrogen) atoms. The van der Waals surface area contributed by atoms with Gasteiger partial charge in [-0.05, 0) is 38.5 Å². The highest BCUT2D eigenvalue weighted by molar-refractivity contribution is 7.92. The van der Waals surface area contributed by atoms with Crippen LogP contribution in [0.2, 0.25) is 0 Å². The first kappa shape index (κ1) is 27.4. The van der Waals surface area contributed by atoms with Crippen molar-refractivity contribution in [1.29, 1.82) is 0 Å². The number of hydrogen-bond acceptors (Lipinski definition) is 8. The Bertz CT molecular complexity index is 1310. The van der Waals surface area contributed by atoms with Crippen molar-refractivity contribution < 1.29 is 27.1 Å². The summed E-state index contributed by atoms with van der Waals surface area (Å²) in [6.45, 7) is 5.41. The molecule has 1 aromatic carbocycles. The molecule has 1 aliphatic rings. The minimum absolute atomic E-state index is 0.0202. The lowest BCUT2D eigenvalue weighted by Gasteiger charge is -2.29. The number of sulfonamides is 1. The van der Waals surface area contributed by atoms with E-state index in [-0.39, 0.29) is 23.9 Å². The van der Waals surface area contributed by atoms with Crippen LogP contribution in [0.1, 0.15) is 23.4 Å². The monoisotopic (exact) mass is 539 g/mol. The average molecular weight is 540 g/mol. The van der Waals surface area contributed by atoms with E-state index < -0.39 is 26.6 Å². The second-order valence-electron chi connectivity index (χ2n) is 8.29. The Labute approximate surface area is 212 Å². The van der Waals surface area contributed by atoms with Crippen LogP contribution in [0.25, 0.3) is 0 Å². The maximum Gasteiger partial charge on any atom is 0.290 e. The smallest absolute Gasteiger partial charge is 0.290 e. The third kappa shape index (κ3) is 6.33. The summed E-state index contributed by atoms with van der Waals surface area (Å²) in [6.07, 6.45) is 0.816. The van der Waals surface area contributed by atoms with E-state index in [0.717, 1.165) is 30.4 Å². The third-order valence-corrected chi connectivity index (χ3v) is 7.82. The van der Waals surface area contributed by atoms with Gasteiger partial charge in [0.2, 0.25) is 0 Å². The Hall–Kier alpha value is -3.16. The summed E-state index contributed by atoms with van der Waals surface area (Å²) in [5.74, 6) is -2.22. The highest BCUT2D eigenvalue weighted by Crippen LogP contribution is 2.33. The summed E-state index contributed by atoms with van der Waals surface area (Å²) >= 11 is 1.17. The van der Waals surface area contributed by atoms with Crippen molar-refractivity contribution in [3.8, 4) is 0 Å². The summed E-state index contributed by atoms with van der Waals surface area (Å²) < 4.78 is 57.5. The topological polar surface area (TPSA) is 116 Å². The Kier molecular flexibility index (Phi) is 8.93. The standard InChI is InChI=1S/C22H25F2N5O2S2.CH2O2/c1-14-5-4-6-16(26-14)10-29-8-7-17(11-29)28(3)19-9-18(23)22(21(24)15(19)2)33(30,31)27-20-12-32-13-25-20;2-1-3/h4-6,9,12-13,17,27H,7-8,10-11H2,1-3H3;1H,(H,2,3)/t17-;/m0./s1. The first-order valence-corrected chi connectivity index (χ1v) is 13.3. The van der Waals surface area contributed by atoms with Crippen LogP contribution in [0.4, 0.5) is 20.3 Å². The van der Waals surface area contributed by atoms with Crippen LogP contribution < -0.4 is 9.62 Å². The zero-order valence-electron chi connectivity index (χ0n) is 20.0. The molecule has 1 aliphatic heterocycles. The molecule has 0 aliphatic carbocycles. The van der Waals surface area contributed by atoms with Gasteiger partial charge in [-0.1, -0.05) is 6.07 Å². The van der Waals surface area contributed by atoms with Crippen molar-refractivity contribution in [2.24, 2.45) is 0 Å². The molecule has 0 amide bonds. The largest absolute Gasteiger partial charge is 0.483 e. The summed E-state index contributed by atoms with van der Waals surface area (Å²) in [5, 5.41) is 8.33. The quantitative estimate of drug-likeness (QED) is 0.437. The fourth-order valence-corrected chi connectivity index (χ4v) is 5.88. The van der Waals surface area contributed by atoms with Gasteiger partial charge in [0.25, 0.3) is 16.5 Å². The van der Waals surface area contributed by atoms with Crippen LogP contribution in [0.15, 0.2) is 40.1 Å². The fraction of sp³-hybridized carbons (Fsp3) is 0.348. The Balaban J connectivity index is 0.00000115. The number of carboxylic acid groups (broad SMARTS) is 1. The number of rotatable bonds is 7. The minimum Gasteiger partial charge on any atom is -0.483 e. The molecular weight excluding hydrogens is 512 g/mol. The number of hydrogen-bond donors (Lipinski definition) is 2. The number of likely N-dealkylation sites (tertiary alicyclic amines) is 1. The van der Waals surface area contributed by atoms with E-state index in [1.165, 1.54) is 29.2 Å². The number of likely N-dealkylation sites (N-methyl/N-ethyl adjacent to an activating group) is 1. The van der Waals surface area contributed by atoms with E-state index in [0.29, 0.717) is 18.8 Å². The molecule has 0 unspecified atom stereocenters. The van der Waals surface area contributed by atoms with E-state index in [2.05, 4.69) is 19.6 Å². The van der Waals surface area contributed by atoms with Gasteiger partial charge in [0.1, 0.15) is 5.82 Å². The number of carbonyl (C=O) groups is 1. The molecule has 2 N–H and O–H groups in total. The molecule has 0 spiro atoms. The van der Waals surface area contributed by atoms with E-state index in [4.69, 9.17) is 9.90 Å². The minimum atomic E-state index is -4.47. The summed E-state index contributed by atoms with van der Waals surface area (Å²) in [5.41, 5.74) is 3.78. The van der Waals surface area contributed by atoms with Crippen molar-refractivity contribution in [3.05, 3.63) is 63.7 Å². The number of benzene rings is 1. The van der Waals surface area contributed by atoms with E-state index >= 15 is 4.39 Å². The van der Waals surface area contributed by atoms with Crippen LogP contribution >= 0.6 is 11.3 Å². The predicted octanol–water partition coefficient (Wildman–Crippen LogP) is 3.65. The number of halogens is 2. The van der Waals surface area contributed by atoms with E-state index in [1.807, 2.05) is 30.0 Å². The number of pyridine rings is 1. The Morgan fingerprint density at radius 2 is 2.06 bits per heavy atom. The second-order valence-corrected chi connectivity index (χ2v) is 10.6. The lowest BCUT2D eigenvalue weighted by atomic mass is 10.1. The fourth-order valence-electron chi connectivity index (χ4n) is 4.13. The van der Waals surface area contributed by atoms with Crippen LogP contribution in [-0.4, -0.2) is 61.0 Å². The number of nitrogens with zero attached hydrogens (tertiary/aromatic N) is 4. The number of aromatic nitrogens is 2. The van der Waals surface area contributed by atoms with Gasteiger partial charge in [-0.3, -0.25) is 19.4 Å². The van der Waals surface area contributed by atoms with Crippen LogP contribution in [-0.2, 0) is 21.4 Å². The van der Waals surface area contributed by atoms with Gasteiger partial charge in [0.05, 0.1) is 11.2 Å². The van der Waals surface area contributed by atoms with Crippen molar-refractivity contribution in [2.45, 2.75) is 37.8 Å². The molecule has 9 nitrogen and oxygen atoms in total. The summed E-state index contributed by atoms with van der Waals surface area (Å²) in [4.78, 5) is 19.8. The zero-order valence-corrected chi connectivity index (χ0v) is 21.6. The molecule has 1 fully saturated rings. The number of aryl methyl sites for hydroxylation is 1. The molecule has 3 aromatic rings. The third-order valence-electron chi connectivity index (χ3n) is 5.84. The zero-order chi connectivity index (χ0) is 26.5. The highest BCUT2D eigenvalue weighted by Gasteiger charge is 2.32. The second kappa shape index (κ2) is 11.7. The van der Waals surface area contributed by atoms with Crippen LogP contribution in [0, 0.1) is 25.5 Å². The van der Waals surface area contributed by atoms with Gasteiger partial charge >= 0.3 is 0 Å².